The number of ether oxygens (including phenoxy) is 1. The molecular weight excluding hydrogens is 292 g/mol. The van der Waals surface area contributed by atoms with Crippen LogP contribution in [0.5, 0.6) is 0 Å². The average molecular weight is 316 g/mol. The molecule has 1 aromatic carbocycles. The average Bonchev–Trinajstić information content (AvgIpc) is 3.31. The first kappa shape index (κ1) is 15.8. The van der Waals surface area contributed by atoms with Crippen molar-refractivity contribution < 1.29 is 14.3 Å². The lowest BCUT2D eigenvalue weighted by atomic mass is 10.1. The summed E-state index contributed by atoms with van der Waals surface area (Å²) >= 11 is 0. The maximum Gasteiger partial charge on any atom is 0.410 e. The van der Waals surface area contributed by atoms with Crippen LogP contribution in [-0.4, -0.2) is 48.0 Å². The van der Waals surface area contributed by atoms with Crippen LogP contribution in [0.2, 0.25) is 0 Å². The fraction of sp³-hybridized carbons (Fsp3) is 0.556. The third-order valence-electron chi connectivity index (χ3n) is 4.49. The van der Waals surface area contributed by atoms with E-state index in [1.54, 1.807) is 4.90 Å². The molecule has 5 nitrogen and oxygen atoms in total. The van der Waals surface area contributed by atoms with Crippen LogP contribution in [0.1, 0.15) is 37.8 Å². The smallest absolute Gasteiger partial charge is 0.410 e. The Balaban J connectivity index is 1.68. The molecule has 3 rings (SSSR count). The van der Waals surface area contributed by atoms with Gasteiger partial charge in [0.1, 0.15) is 13.2 Å². The highest BCUT2D eigenvalue weighted by Crippen LogP contribution is 2.31. The Morgan fingerprint density at radius 2 is 2.04 bits per heavy atom. The molecule has 1 aromatic rings. The van der Waals surface area contributed by atoms with Crippen molar-refractivity contribution in [1.29, 1.82) is 0 Å². The first-order valence-corrected chi connectivity index (χ1v) is 8.45. The molecule has 1 atom stereocenters. The van der Waals surface area contributed by atoms with E-state index in [2.05, 4.69) is 6.92 Å². The number of rotatable bonds is 7. The highest BCUT2D eigenvalue weighted by atomic mass is 16.6. The van der Waals surface area contributed by atoms with E-state index >= 15 is 0 Å². The second-order valence-corrected chi connectivity index (χ2v) is 6.41. The maximum absolute atomic E-state index is 12.7. The summed E-state index contributed by atoms with van der Waals surface area (Å²) in [7, 11) is 0. The van der Waals surface area contributed by atoms with Crippen LogP contribution in [0.3, 0.4) is 0 Å². The van der Waals surface area contributed by atoms with Crippen LogP contribution < -0.4 is 0 Å². The van der Waals surface area contributed by atoms with Crippen LogP contribution in [-0.2, 0) is 9.53 Å². The van der Waals surface area contributed by atoms with Gasteiger partial charge in [0, 0.05) is 13.1 Å². The lowest BCUT2D eigenvalue weighted by Gasteiger charge is -2.27. The van der Waals surface area contributed by atoms with E-state index in [0.717, 1.165) is 25.1 Å². The Kier molecular flexibility index (Phi) is 4.84. The molecule has 0 aromatic heterocycles. The molecular formula is C18H24N2O3. The quantitative estimate of drug-likeness (QED) is 0.777. The number of hydrogen-bond donors (Lipinski definition) is 0. The molecule has 1 saturated carbocycles. The molecule has 2 fully saturated rings. The van der Waals surface area contributed by atoms with Gasteiger partial charge in [-0.15, -0.1) is 0 Å². The van der Waals surface area contributed by atoms with Crippen LogP contribution in [0, 0.1) is 5.92 Å². The lowest BCUT2D eigenvalue weighted by molar-refractivity contribution is -0.132. The second kappa shape index (κ2) is 7.02. The summed E-state index contributed by atoms with van der Waals surface area (Å²) in [6.45, 7) is 4.07. The fourth-order valence-corrected chi connectivity index (χ4v) is 3.02. The molecule has 0 radical (unpaired) electrons. The number of amides is 2. The predicted octanol–water partition coefficient (Wildman–Crippen LogP) is 2.83. The Morgan fingerprint density at radius 3 is 2.70 bits per heavy atom. The molecule has 0 N–H and O–H groups in total. The summed E-state index contributed by atoms with van der Waals surface area (Å²) in [6.07, 6.45) is 2.97. The molecule has 23 heavy (non-hydrogen) atoms. The maximum atomic E-state index is 12.7. The third-order valence-corrected chi connectivity index (χ3v) is 4.49. The molecule has 1 saturated heterocycles. The van der Waals surface area contributed by atoms with Crippen molar-refractivity contribution in [2.24, 2.45) is 5.92 Å². The highest BCUT2D eigenvalue weighted by Gasteiger charge is 2.36. The van der Waals surface area contributed by atoms with Gasteiger partial charge in [-0.3, -0.25) is 9.69 Å². The zero-order valence-electron chi connectivity index (χ0n) is 13.6. The van der Waals surface area contributed by atoms with Crippen molar-refractivity contribution in [3.8, 4) is 0 Å². The van der Waals surface area contributed by atoms with Crippen LogP contribution in [0.4, 0.5) is 4.79 Å². The molecule has 1 aliphatic heterocycles. The Hall–Kier alpha value is -2.04. The van der Waals surface area contributed by atoms with E-state index in [1.807, 2.05) is 35.2 Å². The van der Waals surface area contributed by atoms with E-state index < -0.39 is 6.09 Å². The first-order valence-electron chi connectivity index (χ1n) is 8.45. The van der Waals surface area contributed by atoms with Gasteiger partial charge >= 0.3 is 6.09 Å². The van der Waals surface area contributed by atoms with Crippen molar-refractivity contribution in [1.82, 2.24) is 9.80 Å². The summed E-state index contributed by atoms with van der Waals surface area (Å²) in [5.41, 5.74) is 1.01. The van der Waals surface area contributed by atoms with Gasteiger partial charge in [-0.2, -0.15) is 0 Å². The zero-order chi connectivity index (χ0) is 16.2. The van der Waals surface area contributed by atoms with Crippen molar-refractivity contribution in [3.05, 3.63) is 35.9 Å². The molecule has 124 valence electrons. The lowest BCUT2D eigenvalue weighted by Crippen LogP contribution is -2.42. The molecule has 0 bridgehead atoms. The second-order valence-electron chi connectivity index (χ2n) is 6.41. The van der Waals surface area contributed by atoms with E-state index in [-0.39, 0.29) is 18.5 Å². The number of hydrogen-bond acceptors (Lipinski definition) is 3. The largest absolute Gasteiger partial charge is 0.447 e. The van der Waals surface area contributed by atoms with E-state index in [4.69, 9.17) is 4.74 Å². The van der Waals surface area contributed by atoms with Crippen molar-refractivity contribution in [3.63, 3.8) is 0 Å². The molecule has 0 unspecified atom stereocenters. The van der Waals surface area contributed by atoms with Gasteiger partial charge in [0.25, 0.3) is 0 Å². The van der Waals surface area contributed by atoms with E-state index in [0.29, 0.717) is 12.5 Å². The molecule has 0 spiro atoms. The van der Waals surface area contributed by atoms with Gasteiger partial charge in [0.15, 0.2) is 0 Å². The highest BCUT2D eigenvalue weighted by molar-refractivity contribution is 5.83. The van der Waals surface area contributed by atoms with Crippen LogP contribution >= 0.6 is 0 Å². The predicted molar refractivity (Wildman–Crippen MR) is 86.8 cm³/mol. The molecule has 1 heterocycles. The van der Waals surface area contributed by atoms with Gasteiger partial charge in [-0.1, -0.05) is 37.3 Å². The van der Waals surface area contributed by atoms with Gasteiger partial charge in [0.05, 0.1) is 6.04 Å². The molecule has 2 aliphatic rings. The standard InChI is InChI=1S/C18H24N2O3/c1-2-10-19(11-14-8-9-14)17(21)12-20-16(13-23-18(20)22)15-6-4-3-5-7-15/h3-7,14,16H,2,8-13H2,1H3/t16-/m1/s1. The Bertz CT molecular complexity index is 557. The number of carbonyl (C=O) groups excluding carboxylic acids is 2. The van der Waals surface area contributed by atoms with Crippen LogP contribution in [0.25, 0.3) is 0 Å². The first-order chi connectivity index (χ1) is 11.2. The number of cyclic esters (lactones) is 1. The SMILES string of the molecule is CCCN(CC1CC1)C(=O)CN1C(=O)OC[C@@H]1c1ccccc1. The normalized spacial score (nSPS) is 20.5. The van der Waals surface area contributed by atoms with Crippen molar-refractivity contribution in [2.75, 3.05) is 26.2 Å². The topological polar surface area (TPSA) is 49.9 Å². The monoisotopic (exact) mass is 316 g/mol. The van der Waals surface area contributed by atoms with E-state index in [1.165, 1.54) is 12.8 Å². The zero-order valence-corrected chi connectivity index (χ0v) is 13.6. The Labute approximate surface area is 137 Å². The minimum atomic E-state index is -0.393. The van der Waals surface area contributed by atoms with Crippen LogP contribution in [0.15, 0.2) is 30.3 Å². The summed E-state index contributed by atoms with van der Waals surface area (Å²) < 4.78 is 5.18. The fourth-order valence-electron chi connectivity index (χ4n) is 3.02. The summed E-state index contributed by atoms with van der Waals surface area (Å²) in [6, 6.07) is 9.59. The molecule has 2 amide bonds. The summed E-state index contributed by atoms with van der Waals surface area (Å²) in [5.74, 6) is 0.680. The minimum Gasteiger partial charge on any atom is -0.447 e. The Morgan fingerprint density at radius 1 is 1.30 bits per heavy atom. The van der Waals surface area contributed by atoms with Gasteiger partial charge in [-0.05, 0) is 30.7 Å². The number of carbonyl (C=O) groups is 2. The van der Waals surface area contributed by atoms with Crippen molar-refractivity contribution in [2.45, 2.75) is 32.2 Å². The summed E-state index contributed by atoms with van der Waals surface area (Å²) in [4.78, 5) is 28.2. The van der Waals surface area contributed by atoms with Gasteiger partial charge < -0.3 is 9.64 Å². The van der Waals surface area contributed by atoms with E-state index in [9.17, 15) is 9.59 Å². The minimum absolute atomic E-state index is 0.0264. The molecule has 1 aliphatic carbocycles. The van der Waals surface area contributed by atoms with Gasteiger partial charge in [-0.25, -0.2) is 4.79 Å². The number of benzene rings is 1. The van der Waals surface area contributed by atoms with Gasteiger partial charge in [0.2, 0.25) is 5.91 Å². The molecule has 5 heteroatoms. The summed E-state index contributed by atoms with van der Waals surface area (Å²) in [5, 5.41) is 0. The van der Waals surface area contributed by atoms with Crippen molar-refractivity contribution >= 4 is 12.0 Å². The number of nitrogens with zero attached hydrogens (tertiary/aromatic N) is 2. The third kappa shape index (κ3) is 3.84.